The first-order chi connectivity index (χ1) is 7.26. The summed E-state index contributed by atoms with van der Waals surface area (Å²) in [6, 6.07) is 5.53. The van der Waals surface area contributed by atoms with Gasteiger partial charge in [0, 0.05) is 11.8 Å². The second kappa shape index (κ2) is 4.00. The zero-order valence-corrected chi connectivity index (χ0v) is 9.04. The van der Waals surface area contributed by atoms with Crippen LogP contribution in [0.2, 0.25) is 5.02 Å². The number of nitrogens with one attached hydrogen (secondary N) is 1. The lowest BCUT2D eigenvalue weighted by atomic mass is 10.2. The SMILES string of the molecule is CCc1nc(NN)c2cccc(Cl)c2n1. The van der Waals surface area contributed by atoms with E-state index in [-0.39, 0.29) is 0 Å². The molecule has 0 aliphatic rings. The highest BCUT2D eigenvalue weighted by atomic mass is 35.5. The van der Waals surface area contributed by atoms with E-state index in [4.69, 9.17) is 17.4 Å². The molecular formula is C10H11ClN4. The molecule has 0 radical (unpaired) electrons. The van der Waals surface area contributed by atoms with Crippen molar-refractivity contribution in [1.82, 2.24) is 9.97 Å². The minimum absolute atomic E-state index is 0.611. The van der Waals surface area contributed by atoms with Gasteiger partial charge >= 0.3 is 0 Å². The Bertz CT molecular complexity index is 498. The summed E-state index contributed by atoms with van der Waals surface area (Å²) in [4.78, 5) is 8.64. The highest BCUT2D eigenvalue weighted by Gasteiger charge is 2.07. The molecule has 0 saturated heterocycles. The summed E-state index contributed by atoms with van der Waals surface area (Å²) in [5.74, 6) is 6.74. The van der Waals surface area contributed by atoms with Crippen molar-refractivity contribution in [1.29, 1.82) is 0 Å². The molecule has 2 rings (SSSR count). The summed E-state index contributed by atoms with van der Waals surface area (Å²) in [5.41, 5.74) is 3.30. The average Bonchev–Trinajstić information content (AvgIpc) is 2.28. The Balaban J connectivity index is 2.80. The van der Waals surface area contributed by atoms with E-state index in [0.29, 0.717) is 10.8 Å². The van der Waals surface area contributed by atoms with Crippen molar-refractivity contribution < 1.29 is 0 Å². The van der Waals surface area contributed by atoms with Crippen molar-refractivity contribution in [2.24, 2.45) is 5.84 Å². The Morgan fingerprint density at radius 3 is 2.87 bits per heavy atom. The van der Waals surface area contributed by atoms with Crippen molar-refractivity contribution in [2.45, 2.75) is 13.3 Å². The molecule has 4 nitrogen and oxygen atoms in total. The predicted molar refractivity (Wildman–Crippen MR) is 61.7 cm³/mol. The molecule has 0 unspecified atom stereocenters. The largest absolute Gasteiger partial charge is 0.308 e. The Hall–Kier alpha value is -1.39. The van der Waals surface area contributed by atoms with Gasteiger partial charge in [-0.2, -0.15) is 0 Å². The Labute approximate surface area is 92.4 Å². The standard InChI is InChI=1S/C10H11ClN4/c1-2-8-13-9-6(10(14-8)15-12)4-3-5-7(9)11/h3-5H,2,12H2,1H3,(H,13,14,15). The number of hydrogen-bond acceptors (Lipinski definition) is 4. The molecule has 1 heterocycles. The van der Waals surface area contributed by atoms with Gasteiger partial charge in [-0.05, 0) is 12.1 Å². The fourth-order valence-electron chi connectivity index (χ4n) is 1.43. The van der Waals surface area contributed by atoms with Crippen LogP contribution in [0.3, 0.4) is 0 Å². The lowest BCUT2D eigenvalue weighted by molar-refractivity contribution is 0.959. The van der Waals surface area contributed by atoms with Crippen LogP contribution in [0.4, 0.5) is 5.82 Å². The van der Waals surface area contributed by atoms with Gasteiger partial charge in [0.25, 0.3) is 0 Å². The second-order valence-corrected chi connectivity index (χ2v) is 3.53. The summed E-state index contributed by atoms with van der Waals surface area (Å²) < 4.78 is 0. The van der Waals surface area contributed by atoms with Gasteiger partial charge in [-0.25, -0.2) is 15.8 Å². The normalized spacial score (nSPS) is 10.6. The molecule has 78 valence electrons. The third kappa shape index (κ3) is 1.73. The van der Waals surface area contributed by atoms with E-state index in [1.54, 1.807) is 6.07 Å². The molecule has 0 amide bonds. The number of benzene rings is 1. The van der Waals surface area contributed by atoms with E-state index >= 15 is 0 Å². The molecule has 0 aliphatic carbocycles. The van der Waals surface area contributed by atoms with E-state index in [9.17, 15) is 0 Å². The second-order valence-electron chi connectivity index (χ2n) is 3.12. The average molecular weight is 223 g/mol. The quantitative estimate of drug-likeness (QED) is 0.604. The van der Waals surface area contributed by atoms with Crippen molar-refractivity contribution >= 4 is 28.3 Å². The van der Waals surface area contributed by atoms with Gasteiger partial charge in [0.05, 0.1) is 10.5 Å². The first-order valence-corrected chi connectivity index (χ1v) is 5.05. The molecule has 0 spiro atoms. The maximum absolute atomic E-state index is 6.06. The minimum atomic E-state index is 0.611. The summed E-state index contributed by atoms with van der Waals surface area (Å²) >= 11 is 6.06. The number of para-hydroxylation sites is 1. The zero-order valence-electron chi connectivity index (χ0n) is 8.29. The molecule has 0 fully saturated rings. The predicted octanol–water partition coefficient (Wildman–Crippen LogP) is 2.13. The fourth-order valence-corrected chi connectivity index (χ4v) is 1.65. The molecular weight excluding hydrogens is 212 g/mol. The molecule has 0 saturated carbocycles. The van der Waals surface area contributed by atoms with Crippen LogP contribution in [0, 0.1) is 0 Å². The molecule has 15 heavy (non-hydrogen) atoms. The maximum atomic E-state index is 6.06. The smallest absolute Gasteiger partial charge is 0.151 e. The Morgan fingerprint density at radius 1 is 1.40 bits per heavy atom. The molecule has 2 aromatic rings. The summed E-state index contributed by atoms with van der Waals surface area (Å²) in [6.07, 6.45) is 0.746. The summed E-state index contributed by atoms with van der Waals surface area (Å²) in [7, 11) is 0. The zero-order chi connectivity index (χ0) is 10.8. The summed E-state index contributed by atoms with van der Waals surface area (Å²) in [5, 5.41) is 1.45. The number of halogens is 1. The van der Waals surface area contributed by atoms with Gasteiger partial charge in [-0.15, -0.1) is 0 Å². The van der Waals surface area contributed by atoms with Crippen molar-refractivity contribution in [3.05, 3.63) is 29.0 Å². The van der Waals surface area contributed by atoms with Gasteiger partial charge in [0.1, 0.15) is 5.82 Å². The molecule has 5 heteroatoms. The van der Waals surface area contributed by atoms with Crippen LogP contribution in [-0.4, -0.2) is 9.97 Å². The third-order valence-electron chi connectivity index (χ3n) is 2.18. The number of aryl methyl sites for hydroxylation is 1. The maximum Gasteiger partial charge on any atom is 0.151 e. The number of rotatable bonds is 2. The van der Waals surface area contributed by atoms with Crippen LogP contribution in [0.25, 0.3) is 10.9 Å². The molecule has 1 aromatic carbocycles. The molecule has 1 aromatic heterocycles. The van der Waals surface area contributed by atoms with Gasteiger partial charge in [-0.3, -0.25) is 0 Å². The van der Waals surface area contributed by atoms with E-state index in [2.05, 4.69) is 15.4 Å². The number of hydrogen-bond donors (Lipinski definition) is 2. The van der Waals surface area contributed by atoms with Crippen LogP contribution in [0.5, 0.6) is 0 Å². The number of aromatic nitrogens is 2. The van der Waals surface area contributed by atoms with E-state index in [1.807, 2.05) is 19.1 Å². The van der Waals surface area contributed by atoms with Crippen LogP contribution in [-0.2, 0) is 6.42 Å². The lowest BCUT2D eigenvalue weighted by Gasteiger charge is -2.07. The topological polar surface area (TPSA) is 63.8 Å². The first kappa shape index (κ1) is 10.1. The molecule has 0 atom stereocenters. The number of hydrazine groups is 1. The number of nitrogens with zero attached hydrogens (tertiary/aromatic N) is 2. The van der Waals surface area contributed by atoms with Gasteiger partial charge in [0.15, 0.2) is 5.82 Å². The molecule has 3 N–H and O–H groups in total. The van der Waals surface area contributed by atoms with E-state index < -0.39 is 0 Å². The number of anilines is 1. The van der Waals surface area contributed by atoms with Crippen LogP contribution in [0.15, 0.2) is 18.2 Å². The number of fused-ring (bicyclic) bond motifs is 1. The lowest BCUT2D eigenvalue weighted by Crippen LogP contribution is -2.11. The number of nitrogens with two attached hydrogens (primary N) is 1. The monoisotopic (exact) mass is 222 g/mol. The van der Waals surface area contributed by atoms with E-state index in [0.717, 1.165) is 23.1 Å². The summed E-state index contributed by atoms with van der Waals surface area (Å²) in [6.45, 7) is 1.98. The van der Waals surface area contributed by atoms with Gasteiger partial charge in [0.2, 0.25) is 0 Å². The van der Waals surface area contributed by atoms with Crippen LogP contribution >= 0.6 is 11.6 Å². The third-order valence-corrected chi connectivity index (χ3v) is 2.48. The fraction of sp³-hybridized carbons (Fsp3) is 0.200. The Kier molecular flexibility index (Phi) is 2.70. The van der Waals surface area contributed by atoms with Crippen molar-refractivity contribution in [2.75, 3.05) is 5.43 Å². The minimum Gasteiger partial charge on any atom is -0.308 e. The molecule has 0 aliphatic heterocycles. The highest BCUT2D eigenvalue weighted by Crippen LogP contribution is 2.25. The van der Waals surface area contributed by atoms with Crippen LogP contribution < -0.4 is 11.3 Å². The van der Waals surface area contributed by atoms with Gasteiger partial charge < -0.3 is 5.43 Å². The molecule has 0 bridgehead atoms. The van der Waals surface area contributed by atoms with Gasteiger partial charge in [-0.1, -0.05) is 24.6 Å². The van der Waals surface area contributed by atoms with Crippen molar-refractivity contribution in [3.8, 4) is 0 Å². The van der Waals surface area contributed by atoms with Crippen molar-refractivity contribution in [3.63, 3.8) is 0 Å². The number of nitrogen functional groups attached to an aromatic ring is 1. The first-order valence-electron chi connectivity index (χ1n) is 4.68. The Morgan fingerprint density at radius 2 is 2.20 bits per heavy atom. The van der Waals surface area contributed by atoms with Crippen LogP contribution in [0.1, 0.15) is 12.7 Å². The van der Waals surface area contributed by atoms with E-state index in [1.165, 1.54) is 0 Å². The highest BCUT2D eigenvalue weighted by molar-refractivity contribution is 6.35.